The van der Waals surface area contributed by atoms with Crippen molar-refractivity contribution in [3.8, 4) is 0 Å². The number of benzene rings is 2. The molecule has 0 bridgehead atoms. The number of hydrogen-bond donors (Lipinski definition) is 0. The van der Waals surface area contributed by atoms with E-state index < -0.39 is 15.4 Å². The van der Waals surface area contributed by atoms with E-state index in [0.717, 1.165) is 0 Å². The Labute approximate surface area is 155 Å². The maximum absolute atomic E-state index is 7.50. The summed E-state index contributed by atoms with van der Waals surface area (Å²) in [6.07, 6.45) is 10.0. The number of rotatable bonds is 2. The molecule has 23 heavy (non-hydrogen) atoms. The quantitative estimate of drug-likeness (QED) is 0.419. The monoisotopic (exact) mass is 406 g/mol. The molecule has 0 amide bonds. The van der Waals surface area contributed by atoms with Crippen LogP contribution in [0.5, 0.6) is 0 Å². The van der Waals surface area contributed by atoms with Crippen LogP contribution in [0.3, 0.4) is 0 Å². The second kappa shape index (κ2) is 18.5. The number of hydrogen-bond acceptors (Lipinski definition) is 0. The van der Waals surface area contributed by atoms with Crippen molar-refractivity contribution in [2.45, 2.75) is 0 Å². The van der Waals surface area contributed by atoms with E-state index in [4.69, 9.17) is 9.30 Å². The minimum atomic E-state index is -0.392. The second-order valence-corrected chi connectivity index (χ2v) is 7.33. The van der Waals surface area contributed by atoms with E-state index in [1.165, 1.54) is 8.79 Å². The fourth-order valence-electron chi connectivity index (χ4n) is 1.61. The number of allylic oxidation sites excluding steroid dienone is 4. The predicted octanol–water partition coefficient (Wildman–Crippen LogP) is 2.31. The summed E-state index contributed by atoms with van der Waals surface area (Å²) in [6, 6.07) is 21.5. The summed E-state index contributed by atoms with van der Waals surface area (Å²) in [4.78, 5) is 0. The molecule has 0 heterocycles. The molecule has 0 saturated carbocycles. The Hall–Kier alpha value is -1.54. The minimum absolute atomic E-state index is 0. The first-order valence-electron chi connectivity index (χ1n) is 6.47. The third-order valence-corrected chi connectivity index (χ3v) is 5.50. The fourth-order valence-corrected chi connectivity index (χ4v) is 4.16. The van der Waals surface area contributed by atoms with Crippen LogP contribution < -0.4 is 8.79 Å². The Kier molecular flexibility index (Phi) is 19.1. The molecule has 0 fully saturated rings. The summed E-state index contributed by atoms with van der Waals surface area (Å²) < 4.78 is 18.1. The summed E-state index contributed by atoms with van der Waals surface area (Å²) in [7, 11) is 0. The van der Waals surface area contributed by atoms with Crippen molar-refractivity contribution in [3.63, 3.8) is 0 Å². The molecule has 1 aliphatic carbocycles. The van der Waals surface area contributed by atoms with Crippen molar-refractivity contribution in [2.75, 3.05) is 0 Å². The van der Waals surface area contributed by atoms with Crippen LogP contribution in [0, 0.1) is 19.7 Å². The second-order valence-electron chi connectivity index (χ2n) is 3.93. The van der Waals surface area contributed by atoms with Crippen molar-refractivity contribution >= 4 is 24.2 Å². The van der Waals surface area contributed by atoms with Crippen LogP contribution in [0.1, 0.15) is 0 Å². The van der Waals surface area contributed by atoms with Gasteiger partial charge in [-0.3, -0.25) is 0 Å². The Bertz CT molecular complexity index is 536. The van der Waals surface area contributed by atoms with Gasteiger partial charge >= 0.3 is 107 Å². The van der Waals surface area contributed by atoms with Crippen molar-refractivity contribution in [3.05, 3.63) is 105 Å². The molecule has 116 valence electrons. The Morgan fingerprint density at radius 1 is 0.565 bits per heavy atom. The van der Waals surface area contributed by atoms with Crippen molar-refractivity contribution in [1.29, 1.82) is 0 Å². The van der Waals surface area contributed by atoms with Crippen LogP contribution in [0.4, 0.5) is 0 Å². The van der Waals surface area contributed by atoms with Gasteiger partial charge in [-0.15, -0.1) is 0 Å². The van der Waals surface area contributed by atoms with Crippen LogP contribution in [-0.4, -0.2) is 15.4 Å². The summed E-state index contributed by atoms with van der Waals surface area (Å²) in [5.41, 5.74) is 0. The molecular formula is C19H16FeGeO2. The van der Waals surface area contributed by atoms with E-state index in [1.807, 2.05) is 30.7 Å². The van der Waals surface area contributed by atoms with Gasteiger partial charge in [-0.1, -0.05) is 24.3 Å². The summed E-state index contributed by atoms with van der Waals surface area (Å²) >= 11 is -0.392. The van der Waals surface area contributed by atoms with Crippen LogP contribution in [-0.2, 0) is 26.4 Å². The Balaban J connectivity index is 0. The van der Waals surface area contributed by atoms with Gasteiger partial charge in [-0.05, 0) is 0 Å². The molecule has 3 rings (SSSR count). The molecule has 0 unspecified atom stereocenters. The summed E-state index contributed by atoms with van der Waals surface area (Å²) in [5.74, 6) is 0. The summed E-state index contributed by atoms with van der Waals surface area (Å²) in [5, 5.41) is 0. The molecular weight excluding hydrogens is 389 g/mol. The average molecular weight is 405 g/mol. The van der Waals surface area contributed by atoms with Gasteiger partial charge in [-0.25, -0.2) is 0 Å². The van der Waals surface area contributed by atoms with Gasteiger partial charge in [0.25, 0.3) is 0 Å². The molecule has 2 nitrogen and oxygen atoms in total. The van der Waals surface area contributed by atoms with Gasteiger partial charge in [0.1, 0.15) is 0 Å². The summed E-state index contributed by atoms with van der Waals surface area (Å²) in [6.45, 7) is 9.00. The van der Waals surface area contributed by atoms with Crippen LogP contribution in [0.25, 0.3) is 0 Å². The first-order valence-corrected chi connectivity index (χ1v) is 8.90. The van der Waals surface area contributed by atoms with E-state index in [0.29, 0.717) is 0 Å². The first-order chi connectivity index (χ1) is 10.9. The van der Waals surface area contributed by atoms with Crippen LogP contribution in [0.15, 0.2) is 85.0 Å². The molecule has 4 heteroatoms. The normalized spacial score (nSPS) is 9.57. The van der Waals surface area contributed by atoms with Gasteiger partial charge in [0.2, 0.25) is 0 Å². The molecule has 0 aliphatic heterocycles. The van der Waals surface area contributed by atoms with Crippen molar-refractivity contribution in [2.24, 2.45) is 0 Å². The Morgan fingerprint density at radius 3 is 1.17 bits per heavy atom. The SMILES string of the molecule is [C-]#[O+].[C-]#[O+].[CH]1C=CC=C1.[Fe].c1cc[c]([GeH][c]2ccccc2)cc1. The molecule has 2 aromatic carbocycles. The molecule has 2 aromatic rings. The maximum atomic E-state index is 7.50. The van der Waals surface area contributed by atoms with Crippen molar-refractivity contribution in [1.82, 2.24) is 0 Å². The Morgan fingerprint density at radius 2 is 0.913 bits per heavy atom. The van der Waals surface area contributed by atoms with Gasteiger partial charge < -0.3 is 0 Å². The van der Waals surface area contributed by atoms with E-state index >= 15 is 0 Å². The first kappa shape index (κ1) is 23.7. The van der Waals surface area contributed by atoms with Crippen molar-refractivity contribution < 1.29 is 26.4 Å². The third-order valence-electron chi connectivity index (χ3n) is 2.49. The molecule has 1 aliphatic rings. The van der Waals surface area contributed by atoms with E-state index in [2.05, 4.69) is 74.0 Å². The fraction of sp³-hybridized carbons (Fsp3) is 0. The standard InChI is InChI=1S/C12H11Ge.C5H5.2CO.Fe/c1-3-7-11(8-4-1)13-12-9-5-2-6-10-12;1-2-4-5-3-1;2*1-2;/h1-10,13H;1-5H;;;. The molecule has 0 atom stereocenters. The van der Waals surface area contributed by atoms with E-state index in [-0.39, 0.29) is 17.1 Å². The average Bonchev–Trinajstić information content (AvgIpc) is 3.20. The topological polar surface area (TPSA) is 39.8 Å². The zero-order valence-corrected chi connectivity index (χ0v) is 15.9. The zero-order valence-electron chi connectivity index (χ0n) is 12.4. The van der Waals surface area contributed by atoms with Crippen LogP contribution in [0.2, 0.25) is 0 Å². The van der Waals surface area contributed by atoms with Gasteiger partial charge in [0, 0.05) is 23.5 Å². The molecule has 0 saturated heterocycles. The molecule has 0 aromatic heterocycles. The predicted molar refractivity (Wildman–Crippen MR) is 89.7 cm³/mol. The molecule has 0 spiro atoms. The molecule has 2 radical (unpaired) electrons. The van der Waals surface area contributed by atoms with E-state index in [1.54, 1.807) is 0 Å². The van der Waals surface area contributed by atoms with Gasteiger partial charge in [0.15, 0.2) is 0 Å². The van der Waals surface area contributed by atoms with Gasteiger partial charge in [-0.2, -0.15) is 0 Å². The third kappa shape index (κ3) is 12.7. The van der Waals surface area contributed by atoms with Gasteiger partial charge in [0.05, 0.1) is 0 Å². The van der Waals surface area contributed by atoms with Crippen LogP contribution >= 0.6 is 0 Å². The van der Waals surface area contributed by atoms with E-state index in [9.17, 15) is 0 Å². The zero-order chi connectivity index (χ0) is 16.5. The molecule has 0 N–H and O–H groups in total.